The molecule has 0 bridgehead atoms. The van der Waals surface area contributed by atoms with E-state index >= 15 is 0 Å². The molecule has 4 nitrogen and oxygen atoms in total. The summed E-state index contributed by atoms with van der Waals surface area (Å²) in [6.45, 7) is 4.29. The quantitative estimate of drug-likeness (QED) is 0.439. The van der Waals surface area contributed by atoms with E-state index in [9.17, 15) is 4.91 Å². The first-order chi connectivity index (χ1) is 4.85. The zero-order valence-corrected chi connectivity index (χ0v) is 6.63. The molecular weight excluding hydrogens is 130 g/mol. The van der Waals surface area contributed by atoms with Crippen LogP contribution >= 0.6 is 0 Å². The van der Waals surface area contributed by atoms with Crippen LogP contribution in [0.3, 0.4) is 0 Å². The molecule has 0 unspecified atom stereocenters. The summed E-state index contributed by atoms with van der Waals surface area (Å²) in [5, 5.41) is 7.33. The van der Waals surface area contributed by atoms with Crippen molar-refractivity contribution in [3.05, 3.63) is 4.91 Å². The van der Waals surface area contributed by atoms with Gasteiger partial charge in [0.15, 0.2) is 0 Å². The molecule has 60 valence electrons. The highest BCUT2D eigenvalue weighted by Crippen LogP contribution is 1.89. The Balaban J connectivity index is 3.29. The van der Waals surface area contributed by atoms with Gasteiger partial charge in [-0.3, -0.25) is 5.01 Å². The molecule has 0 heterocycles. The maximum atomic E-state index is 10.0. The number of nitroso groups, excluding NO2 is 1. The predicted octanol–water partition coefficient (Wildman–Crippen LogP) is 0.599. The summed E-state index contributed by atoms with van der Waals surface area (Å²) in [5.41, 5.74) is 0. The van der Waals surface area contributed by atoms with Crippen molar-refractivity contribution in [2.45, 2.75) is 13.3 Å². The number of hydrogen-bond acceptors (Lipinski definition) is 3. The van der Waals surface area contributed by atoms with Crippen molar-refractivity contribution in [3.63, 3.8) is 0 Å². The van der Waals surface area contributed by atoms with Gasteiger partial charge in [-0.25, -0.2) is 0 Å². The van der Waals surface area contributed by atoms with Gasteiger partial charge in [0.2, 0.25) is 0 Å². The lowest BCUT2D eigenvalue weighted by molar-refractivity contribution is 0.286. The molecule has 0 aromatic carbocycles. The van der Waals surface area contributed by atoms with E-state index in [1.807, 2.05) is 14.0 Å². The summed E-state index contributed by atoms with van der Waals surface area (Å²) in [6, 6.07) is 0. The molecule has 0 atom stereocenters. The molecule has 0 fully saturated rings. The highest BCUT2D eigenvalue weighted by atomic mass is 16.3. The maximum Gasteiger partial charge on any atom is 0.0524 e. The summed E-state index contributed by atoms with van der Waals surface area (Å²) in [5.74, 6) is 0. The van der Waals surface area contributed by atoms with Gasteiger partial charge in [0.05, 0.1) is 11.8 Å². The van der Waals surface area contributed by atoms with E-state index in [2.05, 4.69) is 10.6 Å². The molecule has 0 aromatic heterocycles. The molecule has 0 aliphatic heterocycles. The van der Waals surface area contributed by atoms with Crippen LogP contribution < -0.4 is 5.32 Å². The van der Waals surface area contributed by atoms with Gasteiger partial charge in [-0.05, 0) is 13.5 Å². The summed E-state index contributed by atoms with van der Waals surface area (Å²) < 4.78 is 0. The Bertz CT molecular complexity index is 87.1. The average Bonchev–Trinajstić information content (AvgIpc) is 1.98. The van der Waals surface area contributed by atoms with Crippen LogP contribution in [0.2, 0.25) is 0 Å². The van der Waals surface area contributed by atoms with E-state index in [4.69, 9.17) is 0 Å². The van der Waals surface area contributed by atoms with Crippen molar-refractivity contribution in [3.8, 4) is 0 Å². The van der Waals surface area contributed by atoms with Crippen LogP contribution in [0, 0.1) is 4.91 Å². The standard InChI is InChI=1S/C6H15N3O/c1-3-5-9(8-10)6-4-7-2/h7H,3-6H2,1-2H3. The second-order valence-corrected chi connectivity index (χ2v) is 2.14. The summed E-state index contributed by atoms with van der Waals surface area (Å²) in [6.07, 6.45) is 0.968. The van der Waals surface area contributed by atoms with Gasteiger partial charge in [-0.15, -0.1) is 4.91 Å². The predicted molar refractivity (Wildman–Crippen MR) is 41.6 cm³/mol. The van der Waals surface area contributed by atoms with Crippen molar-refractivity contribution < 1.29 is 0 Å². The SMILES string of the molecule is CCCN(CCNC)N=O. The molecule has 1 N–H and O–H groups in total. The van der Waals surface area contributed by atoms with Gasteiger partial charge in [0.25, 0.3) is 0 Å². The van der Waals surface area contributed by atoms with Gasteiger partial charge < -0.3 is 5.32 Å². The second-order valence-electron chi connectivity index (χ2n) is 2.14. The first-order valence-corrected chi connectivity index (χ1v) is 3.58. The Labute approximate surface area is 61.5 Å². The van der Waals surface area contributed by atoms with Gasteiger partial charge in [-0.1, -0.05) is 6.92 Å². The maximum absolute atomic E-state index is 10.0. The molecule has 4 heteroatoms. The van der Waals surface area contributed by atoms with Crippen LogP contribution in [0.25, 0.3) is 0 Å². The lowest BCUT2D eigenvalue weighted by atomic mass is 10.4. The third-order valence-electron chi connectivity index (χ3n) is 1.22. The molecule has 0 saturated carbocycles. The Hall–Kier alpha value is -0.640. The van der Waals surface area contributed by atoms with Gasteiger partial charge >= 0.3 is 0 Å². The van der Waals surface area contributed by atoms with Crippen LogP contribution in [0.1, 0.15) is 13.3 Å². The Morgan fingerprint density at radius 1 is 1.50 bits per heavy atom. The van der Waals surface area contributed by atoms with Crippen LogP contribution in [0.4, 0.5) is 0 Å². The fourth-order valence-corrected chi connectivity index (χ4v) is 0.692. The normalized spacial score (nSPS) is 9.40. The Kier molecular flexibility index (Phi) is 6.06. The number of hydrogen-bond donors (Lipinski definition) is 1. The lowest BCUT2D eigenvalue weighted by Gasteiger charge is -2.12. The number of likely N-dealkylation sites (N-methyl/N-ethyl adjacent to an activating group) is 1. The number of nitrogens with zero attached hydrogens (tertiary/aromatic N) is 2. The Morgan fingerprint density at radius 3 is 2.60 bits per heavy atom. The van der Waals surface area contributed by atoms with Crippen molar-refractivity contribution in [2.24, 2.45) is 5.29 Å². The van der Waals surface area contributed by atoms with E-state index in [0.29, 0.717) is 6.54 Å². The Morgan fingerprint density at radius 2 is 2.20 bits per heavy atom. The molecule has 0 saturated heterocycles. The minimum Gasteiger partial charge on any atom is -0.318 e. The van der Waals surface area contributed by atoms with E-state index in [0.717, 1.165) is 19.5 Å². The third-order valence-corrected chi connectivity index (χ3v) is 1.22. The summed E-state index contributed by atoms with van der Waals surface area (Å²) in [7, 11) is 1.86. The molecule has 10 heavy (non-hydrogen) atoms. The summed E-state index contributed by atoms with van der Waals surface area (Å²) in [4.78, 5) is 10.0. The van der Waals surface area contributed by atoms with Crippen molar-refractivity contribution >= 4 is 0 Å². The fraction of sp³-hybridized carbons (Fsp3) is 1.00. The molecule has 0 rings (SSSR count). The van der Waals surface area contributed by atoms with Gasteiger partial charge in [-0.2, -0.15) is 0 Å². The fourth-order valence-electron chi connectivity index (χ4n) is 0.692. The topological polar surface area (TPSA) is 44.7 Å². The first kappa shape index (κ1) is 9.36. The zero-order valence-electron chi connectivity index (χ0n) is 6.63. The van der Waals surface area contributed by atoms with E-state index < -0.39 is 0 Å². The van der Waals surface area contributed by atoms with Crippen LogP contribution in [0.5, 0.6) is 0 Å². The molecule has 0 aliphatic rings. The largest absolute Gasteiger partial charge is 0.318 e. The van der Waals surface area contributed by atoms with Crippen molar-refractivity contribution in [1.82, 2.24) is 10.3 Å². The van der Waals surface area contributed by atoms with Crippen LogP contribution in [-0.4, -0.2) is 31.7 Å². The highest BCUT2D eigenvalue weighted by molar-refractivity contribution is 4.50. The van der Waals surface area contributed by atoms with Crippen LogP contribution in [0.15, 0.2) is 5.29 Å². The number of nitrogens with one attached hydrogen (secondary N) is 1. The zero-order chi connectivity index (χ0) is 7.82. The molecule has 0 amide bonds. The van der Waals surface area contributed by atoms with Crippen LogP contribution in [-0.2, 0) is 0 Å². The smallest absolute Gasteiger partial charge is 0.0524 e. The molecule has 0 radical (unpaired) electrons. The second kappa shape index (κ2) is 6.48. The van der Waals surface area contributed by atoms with Gasteiger partial charge in [0.1, 0.15) is 0 Å². The molecule has 0 aromatic rings. The molecule has 0 spiro atoms. The van der Waals surface area contributed by atoms with E-state index in [-0.39, 0.29) is 0 Å². The first-order valence-electron chi connectivity index (χ1n) is 3.58. The van der Waals surface area contributed by atoms with Crippen molar-refractivity contribution in [2.75, 3.05) is 26.7 Å². The summed E-state index contributed by atoms with van der Waals surface area (Å²) >= 11 is 0. The number of rotatable bonds is 6. The lowest BCUT2D eigenvalue weighted by Crippen LogP contribution is -2.26. The highest BCUT2D eigenvalue weighted by Gasteiger charge is 1.97. The van der Waals surface area contributed by atoms with Crippen molar-refractivity contribution in [1.29, 1.82) is 0 Å². The van der Waals surface area contributed by atoms with Gasteiger partial charge in [0, 0.05) is 13.1 Å². The molecular formula is C6H15N3O. The van der Waals surface area contributed by atoms with E-state index in [1.165, 1.54) is 5.01 Å². The minimum atomic E-state index is 0.702. The molecule has 0 aliphatic carbocycles. The average molecular weight is 145 g/mol. The monoisotopic (exact) mass is 145 g/mol. The minimum absolute atomic E-state index is 0.702. The van der Waals surface area contributed by atoms with E-state index in [1.54, 1.807) is 0 Å². The third kappa shape index (κ3) is 4.26.